The van der Waals surface area contributed by atoms with Crippen LogP contribution in [0.5, 0.6) is 0 Å². The third-order valence-electron chi connectivity index (χ3n) is 4.43. The van der Waals surface area contributed by atoms with Gasteiger partial charge >= 0.3 is 0 Å². The largest absolute Gasteiger partial charge is 0.322 e. The van der Waals surface area contributed by atoms with Crippen LogP contribution < -0.4 is 5.32 Å². The summed E-state index contributed by atoms with van der Waals surface area (Å²) >= 11 is 1.99. The summed E-state index contributed by atoms with van der Waals surface area (Å²) in [4.78, 5) is 14.9. The maximum atomic E-state index is 12.7. The van der Waals surface area contributed by atoms with E-state index in [4.69, 9.17) is 0 Å². The van der Waals surface area contributed by atoms with Gasteiger partial charge in [-0.2, -0.15) is 11.8 Å². The van der Waals surface area contributed by atoms with Crippen molar-refractivity contribution in [2.24, 2.45) is 11.8 Å². The number of nitrogens with zero attached hydrogens (tertiary/aromatic N) is 1. The maximum Gasteiger partial charge on any atom is 0.241 e. The maximum absolute atomic E-state index is 12.7. The molecule has 19 heavy (non-hydrogen) atoms. The van der Waals surface area contributed by atoms with E-state index in [1.54, 1.807) is 0 Å². The van der Waals surface area contributed by atoms with Gasteiger partial charge in [0.15, 0.2) is 0 Å². The van der Waals surface area contributed by atoms with Gasteiger partial charge in [0, 0.05) is 11.8 Å². The Hall–Kier alpha value is -0.220. The molecule has 0 saturated carbocycles. The van der Waals surface area contributed by atoms with Crippen molar-refractivity contribution in [3.63, 3.8) is 0 Å². The molecule has 0 aromatic rings. The second-order valence-corrected chi connectivity index (χ2v) is 7.59. The van der Waals surface area contributed by atoms with Crippen molar-refractivity contribution in [3.05, 3.63) is 0 Å². The summed E-state index contributed by atoms with van der Waals surface area (Å²) in [7, 11) is 0. The van der Waals surface area contributed by atoms with Gasteiger partial charge in [0.1, 0.15) is 0 Å². The third kappa shape index (κ3) is 3.27. The quantitative estimate of drug-likeness (QED) is 0.842. The van der Waals surface area contributed by atoms with Crippen molar-refractivity contribution in [2.45, 2.75) is 65.2 Å². The molecular weight excluding hydrogens is 256 g/mol. The molecule has 2 aliphatic rings. The number of amides is 1. The molecule has 1 N–H and O–H groups in total. The monoisotopic (exact) mass is 284 g/mol. The highest BCUT2D eigenvalue weighted by molar-refractivity contribution is 7.99. The molecule has 0 aliphatic carbocycles. The molecular formula is C15H28N2OS. The zero-order valence-corrected chi connectivity index (χ0v) is 13.5. The van der Waals surface area contributed by atoms with E-state index in [0.29, 0.717) is 23.8 Å². The average molecular weight is 284 g/mol. The minimum Gasteiger partial charge on any atom is -0.322 e. The number of carbonyl (C=O) groups excluding carboxylic acids is 1. The van der Waals surface area contributed by atoms with Crippen LogP contribution in [0.25, 0.3) is 0 Å². The SMILES string of the molecule is CCC(C)C1NC(CC(C)C)N(C2CCSC2)C1=O. The van der Waals surface area contributed by atoms with Crippen molar-refractivity contribution in [2.75, 3.05) is 11.5 Å². The lowest BCUT2D eigenvalue weighted by Crippen LogP contribution is -2.45. The zero-order chi connectivity index (χ0) is 14.0. The van der Waals surface area contributed by atoms with Gasteiger partial charge in [-0.05, 0) is 30.4 Å². The number of carbonyl (C=O) groups is 1. The summed E-state index contributed by atoms with van der Waals surface area (Å²) in [6.45, 7) is 8.84. The molecule has 3 nitrogen and oxygen atoms in total. The Morgan fingerprint density at radius 2 is 2.16 bits per heavy atom. The lowest BCUT2D eigenvalue weighted by Gasteiger charge is -2.30. The topological polar surface area (TPSA) is 32.3 Å². The number of rotatable bonds is 5. The van der Waals surface area contributed by atoms with Gasteiger partial charge in [-0.1, -0.05) is 34.1 Å². The van der Waals surface area contributed by atoms with E-state index >= 15 is 0 Å². The van der Waals surface area contributed by atoms with E-state index in [0.717, 1.165) is 18.6 Å². The molecule has 0 aromatic carbocycles. The molecule has 1 amide bonds. The normalized spacial score (nSPS) is 33.4. The van der Waals surface area contributed by atoms with Crippen LogP contribution in [0.1, 0.15) is 47.0 Å². The molecule has 2 fully saturated rings. The molecule has 4 heteroatoms. The predicted octanol–water partition coefficient (Wildman–Crippen LogP) is 2.71. The summed E-state index contributed by atoms with van der Waals surface area (Å²) in [5.74, 6) is 3.73. The molecule has 0 bridgehead atoms. The summed E-state index contributed by atoms with van der Waals surface area (Å²) in [6, 6.07) is 0.502. The summed E-state index contributed by atoms with van der Waals surface area (Å²) < 4.78 is 0. The van der Waals surface area contributed by atoms with Crippen LogP contribution in [0.15, 0.2) is 0 Å². The van der Waals surface area contributed by atoms with E-state index in [2.05, 4.69) is 37.9 Å². The number of nitrogens with one attached hydrogen (secondary N) is 1. The van der Waals surface area contributed by atoms with Crippen molar-refractivity contribution in [3.8, 4) is 0 Å². The van der Waals surface area contributed by atoms with E-state index in [9.17, 15) is 4.79 Å². The molecule has 0 radical (unpaired) electrons. The van der Waals surface area contributed by atoms with Gasteiger partial charge in [-0.3, -0.25) is 10.1 Å². The summed E-state index contributed by atoms with van der Waals surface area (Å²) in [5, 5.41) is 3.62. The highest BCUT2D eigenvalue weighted by Gasteiger charge is 2.44. The molecule has 0 spiro atoms. The average Bonchev–Trinajstić information content (AvgIpc) is 2.96. The van der Waals surface area contributed by atoms with Crippen LogP contribution >= 0.6 is 11.8 Å². The highest BCUT2D eigenvalue weighted by Crippen LogP contribution is 2.30. The van der Waals surface area contributed by atoms with Crippen LogP contribution in [0.3, 0.4) is 0 Å². The lowest BCUT2D eigenvalue weighted by atomic mass is 9.99. The smallest absolute Gasteiger partial charge is 0.241 e. The zero-order valence-electron chi connectivity index (χ0n) is 12.7. The number of thioether (sulfide) groups is 1. The van der Waals surface area contributed by atoms with Crippen LogP contribution in [0.4, 0.5) is 0 Å². The molecule has 2 rings (SSSR count). The Labute approximate surface area is 121 Å². The lowest BCUT2D eigenvalue weighted by molar-refractivity contribution is -0.132. The van der Waals surface area contributed by atoms with E-state index < -0.39 is 0 Å². The minimum absolute atomic E-state index is 0.0411. The second kappa shape index (κ2) is 6.49. The first-order valence-corrected chi connectivity index (χ1v) is 8.86. The Morgan fingerprint density at radius 3 is 2.68 bits per heavy atom. The second-order valence-electron chi connectivity index (χ2n) is 6.44. The molecule has 110 valence electrons. The fraction of sp³-hybridized carbons (Fsp3) is 0.933. The van der Waals surface area contributed by atoms with Gasteiger partial charge in [-0.25, -0.2) is 0 Å². The predicted molar refractivity (Wildman–Crippen MR) is 82.2 cm³/mol. The Morgan fingerprint density at radius 1 is 1.42 bits per heavy atom. The van der Waals surface area contributed by atoms with Crippen molar-refractivity contribution >= 4 is 17.7 Å². The van der Waals surface area contributed by atoms with Gasteiger partial charge < -0.3 is 4.90 Å². The summed E-state index contributed by atoms with van der Waals surface area (Å²) in [5.41, 5.74) is 0. The van der Waals surface area contributed by atoms with Crippen LogP contribution in [0.2, 0.25) is 0 Å². The van der Waals surface area contributed by atoms with Crippen molar-refractivity contribution < 1.29 is 4.79 Å². The highest BCUT2D eigenvalue weighted by atomic mass is 32.2. The fourth-order valence-electron chi connectivity index (χ4n) is 3.12. The number of hydrogen-bond acceptors (Lipinski definition) is 3. The van der Waals surface area contributed by atoms with Gasteiger partial charge in [0.05, 0.1) is 12.2 Å². The van der Waals surface area contributed by atoms with Crippen molar-refractivity contribution in [1.29, 1.82) is 0 Å². The summed E-state index contributed by atoms with van der Waals surface area (Å²) in [6.07, 6.45) is 3.56. The third-order valence-corrected chi connectivity index (χ3v) is 5.58. The fourth-order valence-corrected chi connectivity index (χ4v) is 4.33. The van der Waals surface area contributed by atoms with Crippen molar-refractivity contribution in [1.82, 2.24) is 10.2 Å². The van der Waals surface area contributed by atoms with Gasteiger partial charge in [0.2, 0.25) is 5.91 Å². The number of hydrogen-bond donors (Lipinski definition) is 1. The molecule has 2 saturated heterocycles. The van der Waals surface area contributed by atoms with Crippen LogP contribution in [0, 0.1) is 11.8 Å². The van der Waals surface area contributed by atoms with Gasteiger partial charge in [0.25, 0.3) is 0 Å². The Kier molecular flexibility index (Phi) is 5.18. The molecule has 4 unspecified atom stereocenters. The first-order valence-electron chi connectivity index (χ1n) is 7.70. The van der Waals surface area contributed by atoms with Crippen LogP contribution in [-0.2, 0) is 4.79 Å². The van der Waals surface area contributed by atoms with E-state index in [1.807, 2.05) is 11.8 Å². The standard InChI is InChI=1S/C15H28N2OS/c1-5-11(4)14-15(18)17(12-6-7-19-9-12)13(16-14)8-10(2)3/h10-14,16H,5-9H2,1-4H3. The Bertz CT molecular complexity index is 315. The van der Waals surface area contributed by atoms with E-state index in [1.165, 1.54) is 12.2 Å². The van der Waals surface area contributed by atoms with Crippen LogP contribution in [-0.4, -0.2) is 40.6 Å². The van der Waals surface area contributed by atoms with E-state index in [-0.39, 0.29) is 12.2 Å². The molecule has 2 heterocycles. The molecule has 4 atom stereocenters. The Balaban J connectivity index is 2.12. The molecule has 0 aromatic heterocycles. The first kappa shape index (κ1) is 15.2. The first-order chi connectivity index (χ1) is 9.04. The molecule has 2 aliphatic heterocycles. The minimum atomic E-state index is 0.0411. The van der Waals surface area contributed by atoms with Gasteiger partial charge in [-0.15, -0.1) is 0 Å².